The number of carboxylic acids is 1. The number of anilines is 1. The molecule has 1 saturated heterocycles. The average Bonchev–Trinajstić information content (AvgIpc) is 3.40. The third-order valence-electron chi connectivity index (χ3n) is 6.74. The van der Waals surface area contributed by atoms with Gasteiger partial charge in [-0.1, -0.05) is 47.1 Å². The largest absolute Gasteiger partial charge is 0.481 e. The van der Waals surface area contributed by atoms with Gasteiger partial charge in [-0.05, 0) is 60.2 Å². The lowest BCUT2D eigenvalue weighted by Crippen LogP contribution is -2.36. The summed E-state index contributed by atoms with van der Waals surface area (Å²) in [5, 5.41) is 13.8. The molecular formula is C28H27ClN4O4. The molecule has 3 heterocycles. The minimum absolute atomic E-state index is 0.317. The van der Waals surface area contributed by atoms with Crippen molar-refractivity contribution in [2.75, 3.05) is 25.1 Å². The standard InChI is InChI=1S/C28H27ClN4O4/c1-17-5-3-4-6-22(17)23-8-7-19(13-21(23)16-36-2)27-31-25(32-37-27)20-14-24(29)26(30-15-20)33-11-9-18(10-12-33)28(34)35/h3-8,13-15,18H,9-12,16H2,1-2H3,(H,34,35). The summed E-state index contributed by atoms with van der Waals surface area (Å²) in [7, 11) is 1.67. The molecule has 190 valence electrons. The van der Waals surface area contributed by atoms with Crippen molar-refractivity contribution in [1.82, 2.24) is 15.1 Å². The predicted molar refractivity (Wildman–Crippen MR) is 141 cm³/mol. The van der Waals surface area contributed by atoms with Gasteiger partial charge in [0, 0.05) is 37.5 Å². The Bertz CT molecular complexity index is 1430. The van der Waals surface area contributed by atoms with Gasteiger partial charge in [0.2, 0.25) is 5.82 Å². The Hall–Kier alpha value is -3.75. The number of nitrogens with zero attached hydrogens (tertiary/aromatic N) is 4. The first-order valence-electron chi connectivity index (χ1n) is 12.1. The second-order valence-electron chi connectivity index (χ2n) is 9.17. The van der Waals surface area contributed by atoms with E-state index in [-0.39, 0.29) is 5.92 Å². The van der Waals surface area contributed by atoms with E-state index in [1.165, 1.54) is 5.56 Å². The molecule has 8 nitrogen and oxygen atoms in total. The smallest absolute Gasteiger partial charge is 0.306 e. The summed E-state index contributed by atoms with van der Waals surface area (Å²) in [4.78, 5) is 22.4. The van der Waals surface area contributed by atoms with E-state index in [2.05, 4.69) is 40.2 Å². The fourth-order valence-electron chi connectivity index (χ4n) is 4.72. The van der Waals surface area contributed by atoms with Crippen LogP contribution in [0, 0.1) is 12.8 Å². The first kappa shape index (κ1) is 24.9. The number of methoxy groups -OCH3 is 1. The molecule has 1 fully saturated rings. The molecule has 2 aromatic carbocycles. The van der Waals surface area contributed by atoms with Crippen molar-refractivity contribution in [3.05, 3.63) is 70.9 Å². The van der Waals surface area contributed by atoms with Crippen molar-refractivity contribution in [3.63, 3.8) is 0 Å². The molecule has 37 heavy (non-hydrogen) atoms. The van der Waals surface area contributed by atoms with Crippen LogP contribution in [0.3, 0.4) is 0 Å². The van der Waals surface area contributed by atoms with Crippen molar-refractivity contribution in [1.29, 1.82) is 0 Å². The van der Waals surface area contributed by atoms with Gasteiger partial charge < -0.3 is 19.3 Å². The summed E-state index contributed by atoms with van der Waals surface area (Å²) in [6, 6.07) is 16.0. The van der Waals surface area contributed by atoms with Gasteiger partial charge in [0.15, 0.2) is 0 Å². The number of rotatable bonds is 7. The Morgan fingerprint density at radius 3 is 2.62 bits per heavy atom. The van der Waals surface area contributed by atoms with Crippen LogP contribution in [0.5, 0.6) is 0 Å². The monoisotopic (exact) mass is 518 g/mol. The molecule has 0 unspecified atom stereocenters. The van der Waals surface area contributed by atoms with Crippen molar-refractivity contribution in [2.45, 2.75) is 26.4 Å². The van der Waals surface area contributed by atoms with Gasteiger partial charge in [-0.25, -0.2) is 4.98 Å². The van der Waals surface area contributed by atoms with Crippen LogP contribution in [0.2, 0.25) is 5.02 Å². The minimum atomic E-state index is -0.749. The highest BCUT2D eigenvalue weighted by atomic mass is 35.5. The first-order chi connectivity index (χ1) is 17.9. The van der Waals surface area contributed by atoms with E-state index in [9.17, 15) is 9.90 Å². The van der Waals surface area contributed by atoms with Gasteiger partial charge in [0.1, 0.15) is 5.82 Å². The summed E-state index contributed by atoms with van der Waals surface area (Å²) in [5.74, 6) is 0.341. The Morgan fingerprint density at radius 2 is 1.92 bits per heavy atom. The number of benzene rings is 2. The van der Waals surface area contributed by atoms with Crippen LogP contribution in [-0.4, -0.2) is 46.4 Å². The van der Waals surface area contributed by atoms with Crippen LogP contribution < -0.4 is 4.90 Å². The summed E-state index contributed by atoms with van der Waals surface area (Å²) in [5.41, 5.74) is 5.89. The summed E-state index contributed by atoms with van der Waals surface area (Å²) in [6.45, 7) is 3.73. The fourth-order valence-corrected chi connectivity index (χ4v) is 5.01. The Morgan fingerprint density at radius 1 is 1.14 bits per heavy atom. The van der Waals surface area contributed by atoms with Crippen LogP contribution in [-0.2, 0) is 16.1 Å². The Kier molecular flexibility index (Phi) is 7.21. The highest BCUT2D eigenvalue weighted by Gasteiger charge is 2.26. The maximum Gasteiger partial charge on any atom is 0.306 e. The zero-order valence-electron chi connectivity index (χ0n) is 20.6. The number of carboxylic acid groups (broad SMARTS) is 1. The summed E-state index contributed by atoms with van der Waals surface area (Å²) >= 11 is 6.56. The molecule has 2 aromatic heterocycles. The molecule has 0 aliphatic carbocycles. The molecule has 0 saturated carbocycles. The highest BCUT2D eigenvalue weighted by molar-refractivity contribution is 6.33. The summed E-state index contributed by atoms with van der Waals surface area (Å²) in [6.07, 6.45) is 2.80. The third kappa shape index (κ3) is 5.21. The number of hydrogen-bond donors (Lipinski definition) is 1. The van der Waals surface area contributed by atoms with Gasteiger partial charge in [-0.3, -0.25) is 4.79 Å². The molecular weight excluding hydrogens is 492 g/mol. The van der Waals surface area contributed by atoms with Crippen LogP contribution in [0.4, 0.5) is 5.82 Å². The minimum Gasteiger partial charge on any atom is -0.481 e. The van der Waals surface area contributed by atoms with E-state index < -0.39 is 5.97 Å². The molecule has 5 rings (SSSR count). The van der Waals surface area contributed by atoms with Gasteiger partial charge in [0.05, 0.1) is 17.5 Å². The van der Waals surface area contributed by atoms with Crippen molar-refractivity contribution in [3.8, 4) is 34.0 Å². The number of ether oxygens (including phenoxy) is 1. The van der Waals surface area contributed by atoms with Crippen molar-refractivity contribution in [2.24, 2.45) is 5.92 Å². The quantitative estimate of drug-likeness (QED) is 0.324. The van der Waals surface area contributed by atoms with Crippen molar-refractivity contribution >= 4 is 23.4 Å². The van der Waals surface area contributed by atoms with Gasteiger partial charge >= 0.3 is 5.97 Å². The number of halogens is 1. The number of aromatic nitrogens is 3. The van der Waals surface area contributed by atoms with Crippen LogP contribution >= 0.6 is 11.6 Å². The fraction of sp³-hybridized carbons (Fsp3) is 0.286. The Labute approximate surface area is 219 Å². The second kappa shape index (κ2) is 10.7. The van der Waals surface area contributed by atoms with Crippen LogP contribution in [0.1, 0.15) is 24.0 Å². The van der Waals surface area contributed by atoms with Gasteiger partial charge in [-0.2, -0.15) is 4.98 Å². The molecule has 9 heteroatoms. The lowest BCUT2D eigenvalue weighted by atomic mass is 9.94. The second-order valence-corrected chi connectivity index (χ2v) is 9.58. The summed E-state index contributed by atoms with van der Waals surface area (Å²) < 4.78 is 11.1. The number of piperidine rings is 1. The van der Waals surface area contributed by atoms with Gasteiger partial charge in [0.25, 0.3) is 5.89 Å². The van der Waals surface area contributed by atoms with Crippen LogP contribution in [0.25, 0.3) is 34.0 Å². The maximum atomic E-state index is 11.2. The molecule has 0 spiro atoms. The lowest BCUT2D eigenvalue weighted by Gasteiger charge is -2.31. The number of aryl methyl sites for hydroxylation is 1. The predicted octanol–water partition coefficient (Wildman–Crippen LogP) is 5.87. The molecule has 0 atom stereocenters. The molecule has 0 bridgehead atoms. The number of hydrogen-bond acceptors (Lipinski definition) is 7. The number of carbonyl (C=O) groups is 1. The maximum absolute atomic E-state index is 11.2. The molecule has 0 amide bonds. The van der Waals surface area contributed by atoms with E-state index in [1.807, 2.05) is 29.2 Å². The molecule has 1 aliphatic rings. The molecule has 4 aromatic rings. The first-order valence-corrected chi connectivity index (χ1v) is 12.5. The van der Waals surface area contributed by atoms with Crippen LogP contribution in [0.15, 0.2) is 59.3 Å². The van der Waals surface area contributed by atoms with Gasteiger partial charge in [-0.15, -0.1) is 0 Å². The average molecular weight is 519 g/mol. The topological polar surface area (TPSA) is 102 Å². The normalized spacial score (nSPS) is 14.2. The van der Waals surface area contributed by atoms with E-state index in [1.54, 1.807) is 19.4 Å². The lowest BCUT2D eigenvalue weighted by molar-refractivity contribution is -0.142. The molecule has 0 radical (unpaired) electrons. The van der Waals surface area contributed by atoms with E-state index in [0.29, 0.717) is 60.7 Å². The SMILES string of the molecule is COCc1cc(-c2nc(-c3cnc(N4CCC(C(=O)O)CC4)c(Cl)c3)no2)ccc1-c1ccccc1C. The Balaban J connectivity index is 1.38. The van der Waals surface area contributed by atoms with Crippen molar-refractivity contribution < 1.29 is 19.2 Å². The van der Waals surface area contributed by atoms with E-state index in [4.69, 9.17) is 20.9 Å². The van der Waals surface area contributed by atoms with E-state index in [0.717, 1.165) is 22.3 Å². The third-order valence-corrected chi connectivity index (χ3v) is 7.02. The number of aliphatic carboxylic acids is 1. The highest BCUT2D eigenvalue weighted by Crippen LogP contribution is 2.33. The van der Waals surface area contributed by atoms with E-state index >= 15 is 0 Å². The zero-order chi connectivity index (χ0) is 25.9. The number of pyridine rings is 1. The molecule has 1 N–H and O–H groups in total. The molecule has 1 aliphatic heterocycles. The zero-order valence-corrected chi connectivity index (χ0v) is 21.4.